The summed E-state index contributed by atoms with van der Waals surface area (Å²) in [7, 11) is 0. The fourth-order valence-corrected chi connectivity index (χ4v) is 2.67. The maximum Gasteiger partial charge on any atom is 0.235 e. The number of rotatable bonds is 3. The van der Waals surface area contributed by atoms with E-state index in [1.807, 2.05) is 32.0 Å². The minimum absolute atomic E-state index is 0.122. The van der Waals surface area contributed by atoms with Crippen molar-refractivity contribution in [3.63, 3.8) is 0 Å². The molecule has 1 aliphatic heterocycles. The highest BCUT2D eigenvalue weighted by atomic mass is 16.2. The fourth-order valence-electron chi connectivity index (χ4n) is 2.67. The van der Waals surface area contributed by atoms with Crippen LogP contribution in [0.5, 0.6) is 0 Å². The second-order valence-electron chi connectivity index (χ2n) is 6.34. The Bertz CT molecular complexity index is 564. The van der Waals surface area contributed by atoms with Gasteiger partial charge in [-0.25, -0.2) is 0 Å². The lowest BCUT2D eigenvalue weighted by molar-refractivity contribution is -0.141. The highest BCUT2D eigenvalue weighted by Gasteiger charge is 2.45. The van der Waals surface area contributed by atoms with Crippen LogP contribution in [0.25, 0.3) is 0 Å². The van der Waals surface area contributed by atoms with E-state index in [0.717, 1.165) is 16.7 Å². The third kappa shape index (κ3) is 2.61. The summed E-state index contributed by atoms with van der Waals surface area (Å²) in [4.78, 5) is 25.5. The van der Waals surface area contributed by atoms with E-state index in [1.54, 1.807) is 13.8 Å². The molecule has 1 saturated heterocycles. The molecule has 0 aliphatic carbocycles. The number of nitrogens with two attached hydrogens (primary N) is 1. The normalized spacial score (nSPS) is 19.6. The number of hydrogen-bond donors (Lipinski definition) is 1. The van der Waals surface area contributed by atoms with Crippen molar-refractivity contribution in [1.29, 1.82) is 0 Å². The summed E-state index contributed by atoms with van der Waals surface area (Å²) in [6.45, 7) is 7.86. The lowest BCUT2D eigenvalue weighted by atomic mass is 9.92. The van der Waals surface area contributed by atoms with Crippen molar-refractivity contribution in [2.45, 2.75) is 40.2 Å². The van der Waals surface area contributed by atoms with Gasteiger partial charge < -0.3 is 5.73 Å². The summed E-state index contributed by atoms with van der Waals surface area (Å²) < 4.78 is 0. The average Bonchev–Trinajstić information content (AvgIpc) is 2.54. The summed E-state index contributed by atoms with van der Waals surface area (Å²) in [5, 5.41) is 0. The third-order valence-corrected chi connectivity index (χ3v) is 3.93. The van der Waals surface area contributed by atoms with Gasteiger partial charge in [0.1, 0.15) is 0 Å². The van der Waals surface area contributed by atoms with Gasteiger partial charge in [0.05, 0.1) is 5.41 Å². The molecule has 20 heavy (non-hydrogen) atoms. The van der Waals surface area contributed by atoms with E-state index in [4.69, 9.17) is 5.73 Å². The van der Waals surface area contributed by atoms with Gasteiger partial charge in [-0.05, 0) is 25.0 Å². The van der Waals surface area contributed by atoms with E-state index in [2.05, 4.69) is 0 Å². The standard InChI is InChI=1S/C16H22N2O2/c1-10-5-6-11(2)12(7-10)13(17)9-18-14(19)8-16(3,4)15(18)20/h5-7,13H,8-9,17H2,1-4H3. The van der Waals surface area contributed by atoms with Crippen LogP contribution in [-0.4, -0.2) is 23.3 Å². The molecule has 0 spiro atoms. The fraction of sp³-hybridized carbons (Fsp3) is 0.500. The first-order valence-corrected chi connectivity index (χ1v) is 6.90. The van der Waals surface area contributed by atoms with Gasteiger partial charge in [-0.15, -0.1) is 0 Å². The molecule has 4 heteroatoms. The van der Waals surface area contributed by atoms with Gasteiger partial charge >= 0.3 is 0 Å². The molecule has 1 aliphatic rings. The van der Waals surface area contributed by atoms with E-state index in [0.29, 0.717) is 0 Å². The maximum atomic E-state index is 12.2. The monoisotopic (exact) mass is 274 g/mol. The first-order chi connectivity index (χ1) is 9.22. The van der Waals surface area contributed by atoms with Gasteiger partial charge in [0.25, 0.3) is 0 Å². The molecule has 1 heterocycles. The van der Waals surface area contributed by atoms with Crippen molar-refractivity contribution in [2.75, 3.05) is 6.54 Å². The summed E-state index contributed by atoms with van der Waals surface area (Å²) in [6, 6.07) is 5.73. The minimum atomic E-state index is -0.599. The second kappa shape index (κ2) is 5.02. The molecule has 1 unspecified atom stereocenters. The summed E-state index contributed by atoms with van der Waals surface area (Å²) in [5.41, 5.74) is 8.82. The number of imide groups is 1. The zero-order valence-corrected chi connectivity index (χ0v) is 12.6. The predicted octanol–water partition coefficient (Wildman–Crippen LogP) is 2.09. The molecular formula is C16H22N2O2. The number of likely N-dealkylation sites (tertiary alicyclic amines) is 1. The first kappa shape index (κ1) is 14.7. The smallest absolute Gasteiger partial charge is 0.235 e. The molecule has 1 aromatic carbocycles. The molecule has 1 atom stereocenters. The van der Waals surface area contributed by atoms with Gasteiger partial charge in [0.2, 0.25) is 11.8 Å². The third-order valence-electron chi connectivity index (χ3n) is 3.93. The summed E-state index contributed by atoms with van der Waals surface area (Å²) in [6.07, 6.45) is 0.269. The topological polar surface area (TPSA) is 63.4 Å². The van der Waals surface area contributed by atoms with Crippen LogP contribution in [-0.2, 0) is 9.59 Å². The van der Waals surface area contributed by atoms with Crippen LogP contribution in [0.3, 0.4) is 0 Å². The zero-order valence-electron chi connectivity index (χ0n) is 12.6. The Morgan fingerprint density at radius 3 is 2.50 bits per heavy atom. The molecule has 0 bridgehead atoms. The van der Waals surface area contributed by atoms with Gasteiger partial charge in [0.15, 0.2) is 0 Å². The number of benzene rings is 1. The average molecular weight is 274 g/mol. The van der Waals surface area contributed by atoms with Crippen molar-refractivity contribution in [1.82, 2.24) is 4.90 Å². The highest BCUT2D eigenvalue weighted by molar-refractivity contribution is 6.05. The summed E-state index contributed by atoms with van der Waals surface area (Å²) in [5.74, 6) is -0.246. The Morgan fingerprint density at radius 1 is 1.30 bits per heavy atom. The molecule has 2 rings (SSSR count). The van der Waals surface area contributed by atoms with Crippen molar-refractivity contribution in [3.05, 3.63) is 34.9 Å². The molecule has 1 fully saturated rings. The predicted molar refractivity (Wildman–Crippen MR) is 78.0 cm³/mol. The Hall–Kier alpha value is -1.68. The van der Waals surface area contributed by atoms with Gasteiger partial charge in [-0.3, -0.25) is 14.5 Å². The van der Waals surface area contributed by atoms with E-state index < -0.39 is 5.41 Å². The number of carbonyl (C=O) groups is 2. The summed E-state index contributed by atoms with van der Waals surface area (Å²) >= 11 is 0. The molecule has 108 valence electrons. The number of aryl methyl sites for hydroxylation is 2. The van der Waals surface area contributed by atoms with E-state index in [1.165, 1.54) is 4.90 Å². The van der Waals surface area contributed by atoms with Crippen LogP contribution in [0.15, 0.2) is 18.2 Å². The number of amides is 2. The Morgan fingerprint density at radius 2 is 1.95 bits per heavy atom. The molecule has 2 N–H and O–H groups in total. The van der Waals surface area contributed by atoms with Crippen LogP contribution in [0.2, 0.25) is 0 Å². The van der Waals surface area contributed by atoms with Crippen molar-refractivity contribution < 1.29 is 9.59 Å². The van der Waals surface area contributed by atoms with Gasteiger partial charge in [0, 0.05) is 19.0 Å². The van der Waals surface area contributed by atoms with Crippen LogP contribution < -0.4 is 5.73 Å². The lowest BCUT2D eigenvalue weighted by Gasteiger charge is -2.23. The van der Waals surface area contributed by atoms with Crippen molar-refractivity contribution in [2.24, 2.45) is 11.1 Å². The van der Waals surface area contributed by atoms with E-state index in [-0.39, 0.29) is 30.8 Å². The molecule has 0 aromatic heterocycles. The van der Waals surface area contributed by atoms with Gasteiger partial charge in [-0.2, -0.15) is 0 Å². The first-order valence-electron chi connectivity index (χ1n) is 6.90. The Kier molecular flexibility index (Phi) is 3.69. The molecule has 4 nitrogen and oxygen atoms in total. The van der Waals surface area contributed by atoms with Crippen LogP contribution in [0, 0.1) is 19.3 Å². The second-order valence-corrected chi connectivity index (χ2v) is 6.34. The lowest BCUT2D eigenvalue weighted by Crippen LogP contribution is -2.38. The Labute approximate surface area is 119 Å². The zero-order chi connectivity index (χ0) is 15.1. The van der Waals surface area contributed by atoms with Gasteiger partial charge in [-0.1, -0.05) is 37.6 Å². The highest BCUT2D eigenvalue weighted by Crippen LogP contribution is 2.32. The SMILES string of the molecule is Cc1ccc(C)c(C(N)CN2C(=O)CC(C)(C)C2=O)c1. The molecular weight excluding hydrogens is 252 g/mol. The number of nitrogens with zero attached hydrogens (tertiary/aromatic N) is 1. The van der Waals surface area contributed by atoms with Crippen molar-refractivity contribution in [3.8, 4) is 0 Å². The minimum Gasteiger partial charge on any atom is -0.322 e. The maximum absolute atomic E-state index is 12.2. The van der Waals surface area contributed by atoms with Crippen LogP contribution in [0.1, 0.15) is 43.0 Å². The molecule has 1 aromatic rings. The van der Waals surface area contributed by atoms with Crippen LogP contribution >= 0.6 is 0 Å². The Balaban J connectivity index is 2.20. The quantitative estimate of drug-likeness (QED) is 0.858. The van der Waals surface area contributed by atoms with E-state index in [9.17, 15) is 9.59 Å². The largest absolute Gasteiger partial charge is 0.322 e. The van der Waals surface area contributed by atoms with Crippen LogP contribution in [0.4, 0.5) is 0 Å². The number of hydrogen-bond acceptors (Lipinski definition) is 3. The number of carbonyl (C=O) groups excluding carboxylic acids is 2. The molecule has 0 saturated carbocycles. The van der Waals surface area contributed by atoms with Crippen molar-refractivity contribution >= 4 is 11.8 Å². The van der Waals surface area contributed by atoms with E-state index >= 15 is 0 Å². The molecule has 2 amide bonds. The molecule has 0 radical (unpaired) electrons.